The molecule has 3 heterocycles. The van der Waals surface area contributed by atoms with Crippen LogP contribution in [0, 0.1) is 0 Å². The van der Waals surface area contributed by atoms with Crippen LogP contribution in [0.3, 0.4) is 0 Å². The molecule has 0 spiro atoms. The number of carbonyl (C=O) groups excluding carboxylic acids is 1. The summed E-state index contributed by atoms with van der Waals surface area (Å²) < 4.78 is 33.5. The van der Waals surface area contributed by atoms with Gasteiger partial charge in [0.05, 0.1) is 25.4 Å². The molecule has 11 atom stereocenters. The molecular weight excluding hydrogens is 585 g/mol. The number of aromatic amines is 1. The van der Waals surface area contributed by atoms with E-state index in [2.05, 4.69) is 5.32 Å². The SMILES string of the molecule is CC(=O)N[C@H]1[C@H]([C@H](O)[C@H](O)CO)O[C@](OP(=O)(O)OC[C@H]2O[C@@H](n3ccc(=O)[nH]c3=O)[C@H](O)[C@@H]2O)(C(=O)O)C[C@@H]1O. The molecule has 10 N–H and O–H groups in total. The Hall–Kier alpha value is -2.59. The summed E-state index contributed by atoms with van der Waals surface area (Å²) in [6.45, 7) is -1.09. The summed E-state index contributed by atoms with van der Waals surface area (Å²) in [7, 11) is -5.53. The number of carboxylic acid groups (broad SMARTS) is 1. The topological polar surface area (TPSA) is 317 Å². The molecule has 0 bridgehead atoms. The Kier molecular flexibility index (Phi) is 10.2. The van der Waals surface area contributed by atoms with Crippen molar-refractivity contribution < 1.29 is 73.3 Å². The fraction of sp³-hybridized carbons (Fsp3) is 0.700. The van der Waals surface area contributed by atoms with Gasteiger partial charge >= 0.3 is 19.5 Å². The normalized spacial score (nSPS) is 34.9. The lowest BCUT2D eigenvalue weighted by Crippen LogP contribution is -2.67. The van der Waals surface area contributed by atoms with Crippen molar-refractivity contribution in [1.29, 1.82) is 0 Å². The van der Waals surface area contributed by atoms with Crippen LogP contribution in [0.4, 0.5) is 0 Å². The molecule has 0 aromatic carbocycles. The molecule has 2 saturated heterocycles. The Labute approximate surface area is 228 Å². The number of nitrogens with one attached hydrogen (secondary N) is 2. The number of H-pyrrole nitrogens is 1. The lowest BCUT2D eigenvalue weighted by molar-refractivity contribution is -0.289. The van der Waals surface area contributed by atoms with Gasteiger partial charge in [-0.3, -0.25) is 23.7 Å². The molecule has 232 valence electrons. The standard InChI is InChI=1S/C20H30N3O17P/c1-7(25)21-12-8(26)4-20(18(32)33,39-16(12)13(29)9(27)5-24)40-41(35,36)37-6-10-14(30)15(31)17(38-10)23-3-2-11(28)22-19(23)34/h2-3,8-10,12-17,24,26-27,29-31H,4-6H2,1H3,(H,21,25)(H,32,33)(H,35,36)(H,22,28,34)/t8-,9+,10+,12+,13+,14+,15+,16+,17+,20+/m0/s1. The minimum Gasteiger partial charge on any atom is -0.477 e. The number of rotatable bonds is 11. The van der Waals surface area contributed by atoms with E-state index in [0.29, 0.717) is 0 Å². The zero-order chi connectivity index (χ0) is 30.9. The first-order valence-electron chi connectivity index (χ1n) is 11.9. The number of phosphoric acid groups is 1. The van der Waals surface area contributed by atoms with Crippen LogP contribution in [-0.4, -0.2) is 130 Å². The molecule has 1 unspecified atom stereocenters. The lowest BCUT2D eigenvalue weighted by Gasteiger charge is -2.46. The third kappa shape index (κ3) is 7.25. The summed E-state index contributed by atoms with van der Waals surface area (Å²) in [6.07, 6.45) is -15.0. The van der Waals surface area contributed by atoms with Crippen molar-refractivity contribution in [2.24, 2.45) is 0 Å². The molecule has 1 amide bonds. The molecule has 21 heteroatoms. The summed E-state index contributed by atoms with van der Waals surface area (Å²) in [5.41, 5.74) is -1.77. The van der Waals surface area contributed by atoms with Gasteiger partial charge in [-0.25, -0.2) is 18.7 Å². The number of aliphatic carboxylic acids is 1. The van der Waals surface area contributed by atoms with E-state index in [4.69, 9.17) is 18.5 Å². The zero-order valence-electron chi connectivity index (χ0n) is 21.1. The van der Waals surface area contributed by atoms with E-state index < -0.39 is 111 Å². The summed E-state index contributed by atoms with van der Waals surface area (Å²) in [4.78, 5) is 59.2. The average molecular weight is 615 g/mol. The van der Waals surface area contributed by atoms with Gasteiger partial charge in [0.2, 0.25) is 5.91 Å². The van der Waals surface area contributed by atoms with E-state index in [9.17, 15) is 64.4 Å². The number of aromatic nitrogens is 2. The molecule has 2 aliphatic heterocycles. The molecule has 2 aliphatic rings. The third-order valence-electron chi connectivity index (χ3n) is 6.31. The van der Waals surface area contributed by atoms with Crippen molar-refractivity contribution in [3.63, 3.8) is 0 Å². The Morgan fingerprint density at radius 3 is 2.49 bits per heavy atom. The number of carbonyl (C=O) groups is 2. The Morgan fingerprint density at radius 2 is 1.93 bits per heavy atom. The van der Waals surface area contributed by atoms with Crippen LogP contribution in [0.2, 0.25) is 0 Å². The van der Waals surface area contributed by atoms with Crippen LogP contribution < -0.4 is 16.6 Å². The first-order valence-corrected chi connectivity index (χ1v) is 13.4. The number of aliphatic hydroxyl groups is 6. The second kappa shape index (κ2) is 12.7. The molecule has 1 aromatic heterocycles. The number of phosphoric ester groups is 1. The number of aliphatic hydroxyl groups excluding tert-OH is 6. The Morgan fingerprint density at radius 1 is 1.27 bits per heavy atom. The zero-order valence-corrected chi connectivity index (χ0v) is 22.0. The van der Waals surface area contributed by atoms with Crippen molar-refractivity contribution in [2.75, 3.05) is 13.2 Å². The maximum Gasteiger partial charge on any atom is 0.475 e. The molecule has 3 rings (SSSR count). The molecule has 1 aromatic rings. The van der Waals surface area contributed by atoms with Crippen molar-refractivity contribution in [3.05, 3.63) is 33.1 Å². The summed E-state index contributed by atoms with van der Waals surface area (Å²) in [5.74, 6) is -6.09. The predicted molar refractivity (Wildman–Crippen MR) is 127 cm³/mol. The van der Waals surface area contributed by atoms with Gasteiger partial charge in [0.15, 0.2) is 6.23 Å². The van der Waals surface area contributed by atoms with Crippen molar-refractivity contribution in [2.45, 2.75) is 74.1 Å². The number of nitrogens with zero attached hydrogens (tertiary/aromatic N) is 1. The highest BCUT2D eigenvalue weighted by Crippen LogP contribution is 2.51. The smallest absolute Gasteiger partial charge is 0.475 e. The highest BCUT2D eigenvalue weighted by molar-refractivity contribution is 7.47. The maximum atomic E-state index is 12.8. The minimum absolute atomic E-state index is 0.721. The van der Waals surface area contributed by atoms with Crippen molar-refractivity contribution in [1.82, 2.24) is 14.9 Å². The van der Waals surface area contributed by atoms with E-state index in [0.717, 1.165) is 23.8 Å². The number of carboxylic acids is 1. The van der Waals surface area contributed by atoms with Gasteiger partial charge in [0.25, 0.3) is 11.3 Å². The van der Waals surface area contributed by atoms with E-state index in [1.165, 1.54) is 0 Å². The monoisotopic (exact) mass is 615 g/mol. The van der Waals surface area contributed by atoms with Crippen LogP contribution >= 0.6 is 7.82 Å². The van der Waals surface area contributed by atoms with Gasteiger partial charge in [0.1, 0.15) is 36.6 Å². The number of amides is 1. The number of ether oxygens (including phenoxy) is 2. The van der Waals surface area contributed by atoms with E-state index in [1.807, 2.05) is 4.98 Å². The van der Waals surface area contributed by atoms with Crippen LogP contribution in [0.25, 0.3) is 0 Å². The van der Waals surface area contributed by atoms with Crippen LogP contribution in [0.5, 0.6) is 0 Å². The fourth-order valence-corrected chi connectivity index (χ4v) is 5.28. The van der Waals surface area contributed by atoms with Crippen LogP contribution in [0.15, 0.2) is 21.9 Å². The lowest BCUT2D eigenvalue weighted by atomic mass is 9.88. The predicted octanol–water partition coefficient (Wildman–Crippen LogP) is -5.56. The number of hydrogen-bond acceptors (Lipinski definition) is 15. The van der Waals surface area contributed by atoms with Gasteiger partial charge in [0, 0.05) is 25.6 Å². The highest BCUT2D eigenvalue weighted by atomic mass is 31.2. The summed E-state index contributed by atoms with van der Waals surface area (Å²) >= 11 is 0. The van der Waals surface area contributed by atoms with Crippen molar-refractivity contribution >= 4 is 19.7 Å². The van der Waals surface area contributed by atoms with Gasteiger partial charge in [-0.15, -0.1) is 0 Å². The molecule has 0 radical (unpaired) electrons. The third-order valence-corrected chi connectivity index (χ3v) is 7.31. The van der Waals surface area contributed by atoms with Crippen LogP contribution in [-0.2, 0) is 32.7 Å². The Bertz CT molecular complexity index is 1270. The fourth-order valence-electron chi connectivity index (χ4n) is 4.32. The molecular formula is C20H30N3O17P. The first kappa shape index (κ1) is 32.9. The molecule has 41 heavy (non-hydrogen) atoms. The van der Waals surface area contributed by atoms with Gasteiger partial charge in [-0.1, -0.05) is 0 Å². The highest BCUT2D eigenvalue weighted by Gasteiger charge is 2.59. The van der Waals surface area contributed by atoms with E-state index in [-0.39, 0.29) is 0 Å². The molecule has 0 saturated carbocycles. The van der Waals surface area contributed by atoms with E-state index in [1.54, 1.807) is 0 Å². The summed E-state index contributed by atoms with van der Waals surface area (Å²) in [6, 6.07) is -0.649. The van der Waals surface area contributed by atoms with Gasteiger partial charge < -0.3 is 55.4 Å². The van der Waals surface area contributed by atoms with E-state index >= 15 is 0 Å². The second-order valence-corrected chi connectivity index (χ2v) is 10.7. The Balaban J connectivity index is 1.79. The number of hydrogen-bond donors (Lipinski definition) is 10. The van der Waals surface area contributed by atoms with Crippen LogP contribution in [0.1, 0.15) is 19.6 Å². The van der Waals surface area contributed by atoms with Crippen molar-refractivity contribution in [3.8, 4) is 0 Å². The maximum absolute atomic E-state index is 12.8. The van der Waals surface area contributed by atoms with Gasteiger partial charge in [-0.05, 0) is 0 Å². The molecule has 0 aliphatic carbocycles. The second-order valence-electron chi connectivity index (χ2n) is 9.30. The van der Waals surface area contributed by atoms with Gasteiger partial charge in [-0.2, -0.15) is 0 Å². The quantitative estimate of drug-likeness (QED) is 0.104. The molecule has 2 fully saturated rings. The minimum atomic E-state index is -5.53. The molecule has 20 nitrogen and oxygen atoms in total. The summed E-state index contributed by atoms with van der Waals surface area (Å²) in [5, 5.41) is 72.6. The largest absolute Gasteiger partial charge is 0.477 e. The first-order chi connectivity index (χ1) is 19.0. The average Bonchev–Trinajstić information content (AvgIpc) is 3.16.